The van der Waals surface area contributed by atoms with Crippen LogP contribution in [0.1, 0.15) is 40.9 Å². The fourth-order valence-electron chi connectivity index (χ4n) is 4.00. The number of carbonyl (C=O) groups is 1. The van der Waals surface area contributed by atoms with Crippen molar-refractivity contribution in [2.75, 3.05) is 19.6 Å². The van der Waals surface area contributed by atoms with E-state index in [1.165, 1.54) is 36.5 Å². The lowest BCUT2D eigenvalue weighted by Crippen LogP contribution is -2.35. The molecule has 0 saturated carbocycles. The van der Waals surface area contributed by atoms with E-state index in [2.05, 4.69) is 4.98 Å². The summed E-state index contributed by atoms with van der Waals surface area (Å²) >= 11 is 0. The van der Waals surface area contributed by atoms with Crippen molar-refractivity contribution in [1.82, 2.24) is 14.5 Å². The Bertz CT molecular complexity index is 1120. The van der Waals surface area contributed by atoms with Crippen molar-refractivity contribution < 1.29 is 18.0 Å². The quantitative estimate of drug-likeness (QED) is 0.589. The third-order valence-corrected chi connectivity index (χ3v) is 5.34. The van der Waals surface area contributed by atoms with Gasteiger partial charge in [0.25, 0.3) is 0 Å². The highest BCUT2D eigenvalue weighted by Crippen LogP contribution is 2.39. The second kappa shape index (κ2) is 7.92. The van der Waals surface area contributed by atoms with Gasteiger partial charge in [-0.2, -0.15) is 18.4 Å². The van der Waals surface area contributed by atoms with Gasteiger partial charge in [-0.05, 0) is 62.3 Å². The van der Waals surface area contributed by atoms with Gasteiger partial charge in [0.05, 0.1) is 34.8 Å². The maximum atomic E-state index is 14.3. The number of nitrogens with zero attached hydrogens (tertiary/aromatic N) is 4. The lowest BCUT2D eigenvalue weighted by molar-refractivity contribution is -0.142. The van der Waals surface area contributed by atoms with E-state index in [9.17, 15) is 18.0 Å². The predicted molar refractivity (Wildman–Crippen MR) is 105 cm³/mol. The van der Waals surface area contributed by atoms with Gasteiger partial charge < -0.3 is 4.57 Å². The summed E-state index contributed by atoms with van der Waals surface area (Å²) < 4.78 is 43.8. The molecule has 2 aromatic heterocycles. The van der Waals surface area contributed by atoms with Gasteiger partial charge in [-0.25, -0.2) is 0 Å². The summed E-state index contributed by atoms with van der Waals surface area (Å²) in [5, 5.41) is 8.99. The molecule has 8 heteroatoms. The Morgan fingerprint density at radius 2 is 1.80 bits per heavy atom. The van der Waals surface area contributed by atoms with Gasteiger partial charge in [0.15, 0.2) is 5.78 Å². The van der Waals surface area contributed by atoms with Crippen LogP contribution in [0.2, 0.25) is 0 Å². The summed E-state index contributed by atoms with van der Waals surface area (Å²) in [6, 6.07) is 10.8. The monoisotopic (exact) mass is 412 g/mol. The molecule has 3 heterocycles. The molecule has 1 aliphatic rings. The fourth-order valence-corrected chi connectivity index (χ4v) is 4.00. The lowest BCUT2D eigenvalue weighted by Gasteiger charge is -2.25. The number of carbonyl (C=O) groups excluding carboxylic acids is 1. The Morgan fingerprint density at radius 3 is 2.43 bits per heavy atom. The van der Waals surface area contributed by atoms with Crippen molar-refractivity contribution in [1.29, 1.82) is 5.26 Å². The van der Waals surface area contributed by atoms with Crippen molar-refractivity contribution in [3.8, 4) is 11.8 Å². The summed E-state index contributed by atoms with van der Waals surface area (Å²) in [6.45, 7) is 1.34. The molecule has 1 saturated heterocycles. The summed E-state index contributed by atoms with van der Waals surface area (Å²) in [7, 11) is 0. The minimum atomic E-state index is -4.76. The number of ketones is 1. The average molecular weight is 412 g/mol. The minimum absolute atomic E-state index is 0.0381. The summed E-state index contributed by atoms with van der Waals surface area (Å²) in [5.74, 6) is -0.583. The van der Waals surface area contributed by atoms with Crippen LogP contribution in [0.15, 0.2) is 42.6 Å². The number of piperidine rings is 1. The van der Waals surface area contributed by atoms with Gasteiger partial charge in [-0.1, -0.05) is 6.42 Å². The maximum absolute atomic E-state index is 14.3. The van der Waals surface area contributed by atoms with Crippen LogP contribution in [0.25, 0.3) is 16.7 Å². The zero-order valence-electron chi connectivity index (χ0n) is 16.1. The molecule has 0 atom stereocenters. The molecule has 0 N–H and O–H groups in total. The van der Waals surface area contributed by atoms with Crippen molar-refractivity contribution in [3.05, 3.63) is 59.4 Å². The number of aromatic nitrogens is 2. The van der Waals surface area contributed by atoms with E-state index < -0.39 is 23.2 Å². The van der Waals surface area contributed by atoms with Crippen LogP contribution in [0, 0.1) is 11.3 Å². The molecule has 154 valence electrons. The van der Waals surface area contributed by atoms with Gasteiger partial charge in [-0.3, -0.25) is 14.7 Å². The molecule has 4 rings (SSSR count). The SMILES string of the molecule is N#Cc1ccc(-n2c(C(F)(F)F)c(C(=O)CN3CCCCC3)c3ncccc32)cc1. The van der Waals surface area contributed by atoms with Crippen LogP contribution in [0.4, 0.5) is 13.2 Å². The van der Waals surface area contributed by atoms with Gasteiger partial charge in [0.1, 0.15) is 5.69 Å². The number of fused-ring (bicyclic) bond motifs is 1. The second-order valence-corrected chi connectivity index (χ2v) is 7.35. The van der Waals surface area contributed by atoms with Crippen LogP contribution >= 0.6 is 0 Å². The number of likely N-dealkylation sites (tertiary alicyclic amines) is 1. The Kier molecular flexibility index (Phi) is 5.31. The second-order valence-electron chi connectivity index (χ2n) is 7.35. The molecule has 0 aliphatic carbocycles. The van der Waals surface area contributed by atoms with Crippen molar-refractivity contribution in [3.63, 3.8) is 0 Å². The normalized spacial score (nSPS) is 15.3. The van der Waals surface area contributed by atoms with Gasteiger partial charge in [0.2, 0.25) is 0 Å². The van der Waals surface area contributed by atoms with E-state index >= 15 is 0 Å². The smallest absolute Gasteiger partial charge is 0.303 e. The van der Waals surface area contributed by atoms with E-state index in [0.717, 1.165) is 23.8 Å². The number of Topliss-reactive ketones (excluding diaryl/α,β-unsaturated/α-hetero) is 1. The van der Waals surface area contributed by atoms with Crippen LogP contribution in [0.3, 0.4) is 0 Å². The topological polar surface area (TPSA) is 61.9 Å². The summed E-state index contributed by atoms with van der Waals surface area (Å²) in [4.78, 5) is 19.1. The Morgan fingerprint density at radius 1 is 1.10 bits per heavy atom. The lowest BCUT2D eigenvalue weighted by atomic mass is 10.1. The molecule has 30 heavy (non-hydrogen) atoms. The molecule has 5 nitrogen and oxygen atoms in total. The zero-order chi connectivity index (χ0) is 21.3. The van der Waals surface area contributed by atoms with Gasteiger partial charge >= 0.3 is 6.18 Å². The van der Waals surface area contributed by atoms with E-state index in [0.29, 0.717) is 18.7 Å². The number of halogens is 3. The number of rotatable bonds is 4. The van der Waals surface area contributed by atoms with Crippen LogP contribution in [0.5, 0.6) is 0 Å². The largest absolute Gasteiger partial charge is 0.432 e. The summed E-state index contributed by atoms with van der Waals surface area (Å²) in [6.07, 6.45) is -0.432. The average Bonchev–Trinajstić information content (AvgIpc) is 3.10. The highest BCUT2D eigenvalue weighted by molar-refractivity contribution is 6.09. The van der Waals surface area contributed by atoms with E-state index in [1.807, 2.05) is 11.0 Å². The highest BCUT2D eigenvalue weighted by atomic mass is 19.4. The molecule has 1 aromatic carbocycles. The molecule has 0 radical (unpaired) electrons. The van der Waals surface area contributed by atoms with Gasteiger partial charge in [-0.15, -0.1) is 0 Å². The molecular formula is C22H19F3N4O. The molecule has 1 aliphatic heterocycles. The molecule has 3 aromatic rings. The number of hydrogen-bond acceptors (Lipinski definition) is 4. The third kappa shape index (κ3) is 3.68. The first-order valence-corrected chi connectivity index (χ1v) is 9.73. The summed E-state index contributed by atoms with van der Waals surface area (Å²) in [5.41, 5.74) is -0.622. The Balaban J connectivity index is 1.91. The maximum Gasteiger partial charge on any atom is 0.432 e. The van der Waals surface area contributed by atoms with Crippen LogP contribution < -0.4 is 0 Å². The molecular weight excluding hydrogens is 393 g/mol. The third-order valence-electron chi connectivity index (χ3n) is 5.34. The predicted octanol–water partition coefficient (Wildman–Crippen LogP) is 4.58. The Labute approximate surface area is 171 Å². The zero-order valence-corrected chi connectivity index (χ0v) is 16.1. The van der Waals surface area contributed by atoms with Crippen molar-refractivity contribution in [2.45, 2.75) is 25.4 Å². The first-order chi connectivity index (χ1) is 14.4. The number of pyridine rings is 1. The minimum Gasteiger partial charge on any atom is -0.303 e. The van der Waals surface area contributed by atoms with E-state index in [-0.39, 0.29) is 23.3 Å². The van der Waals surface area contributed by atoms with Gasteiger partial charge in [0, 0.05) is 11.9 Å². The number of benzene rings is 1. The van der Waals surface area contributed by atoms with Crippen LogP contribution in [-0.4, -0.2) is 39.9 Å². The van der Waals surface area contributed by atoms with E-state index in [1.54, 1.807) is 6.07 Å². The molecule has 0 spiro atoms. The number of alkyl halides is 3. The van der Waals surface area contributed by atoms with E-state index in [4.69, 9.17) is 5.26 Å². The van der Waals surface area contributed by atoms with Crippen LogP contribution in [-0.2, 0) is 6.18 Å². The molecule has 0 amide bonds. The first kappa shape index (κ1) is 20.1. The molecule has 0 unspecified atom stereocenters. The molecule has 0 bridgehead atoms. The fraction of sp³-hybridized carbons (Fsp3) is 0.318. The number of nitriles is 1. The Hall–Kier alpha value is -3.18. The standard InChI is InChI=1S/C22H19F3N4O/c23-22(24,25)21-19(18(30)14-28-11-2-1-3-12-28)20-17(5-4-10-27-20)29(21)16-8-6-15(13-26)7-9-16/h4-10H,1-3,11-12,14H2. The van der Waals surface area contributed by atoms with Crippen molar-refractivity contribution in [2.24, 2.45) is 0 Å². The first-order valence-electron chi connectivity index (χ1n) is 9.73. The number of hydrogen-bond donors (Lipinski definition) is 0. The molecule has 1 fully saturated rings. The van der Waals surface area contributed by atoms with Crippen molar-refractivity contribution >= 4 is 16.8 Å². The highest BCUT2D eigenvalue weighted by Gasteiger charge is 2.42.